The summed E-state index contributed by atoms with van der Waals surface area (Å²) < 4.78 is 4.91. The van der Waals surface area contributed by atoms with Crippen molar-refractivity contribution in [3.8, 4) is 0 Å². The first kappa shape index (κ1) is 17.5. The Morgan fingerprint density at radius 1 is 1.22 bits per heavy atom. The predicted molar refractivity (Wildman–Crippen MR) is 90.6 cm³/mol. The largest absolute Gasteiger partial charge is 0.385 e. The quantitative estimate of drug-likeness (QED) is 0.746. The van der Waals surface area contributed by atoms with Crippen LogP contribution in [0.5, 0.6) is 0 Å². The van der Waals surface area contributed by atoms with Crippen LogP contribution >= 0.6 is 23.2 Å². The fourth-order valence-electron chi connectivity index (χ4n) is 1.76. The van der Waals surface area contributed by atoms with E-state index >= 15 is 0 Å². The molecule has 1 amide bonds. The summed E-state index contributed by atoms with van der Waals surface area (Å²) >= 11 is 11.9. The van der Waals surface area contributed by atoms with Crippen molar-refractivity contribution in [2.45, 2.75) is 6.42 Å². The van der Waals surface area contributed by atoms with Gasteiger partial charge in [0, 0.05) is 25.3 Å². The monoisotopic (exact) mass is 354 g/mol. The van der Waals surface area contributed by atoms with Crippen molar-refractivity contribution >= 4 is 40.6 Å². The lowest BCUT2D eigenvalue weighted by molar-refractivity contribution is 0.0942. The number of nitrogens with zero attached hydrogens (tertiary/aromatic N) is 2. The molecule has 1 heterocycles. The average Bonchev–Trinajstić information content (AvgIpc) is 2.55. The highest BCUT2D eigenvalue weighted by Gasteiger charge is 2.08. The van der Waals surface area contributed by atoms with Gasteiger partial charge in [-0.05, 0) is 36.8 Å². The lowest BCUT2D eigenvalue weighted by Gasteiger charge is -2.08. The van der Waals surface area contributed by atoms with E-state index in [2.05, 4.69) is 20.8 Å². The molecule has 0 aliphatic heterocycles. The molecule has 0 bridgehead atoms. The van der Waals surface area contributed by atoms with E-state index < -0.39 is 0 Å². The SMILES string of the molecule is COCCCNC(=O)c1ccc(Nc2ccc(Cl)cc2Cl)nn1. The van der Waals surface area contributed by atoms with Gasteiger partial charge in [0.2, 0.25) is 0 Å². The van der Waals surface area contributed by atoms with Crippen molar-refractivity contribution < 1.29 is 9.53 Å². The Bertz CT molecular complexity index is 665. The number of methoxy groups -OCH3 is 1. The van der Waals surface area contributed by atoms with E-state index in [1.54, 1.807) is 37.4 Å². The first-order chi connectivity index (χ1) is 11.1. The highest BCUT2D eigenvalue weighted by atomic mass is 35.5. The standard InChI is InChI=1S/C15H16Cl2N4O2/c1-23-8-2-7-18-15(22)13-5-6-14(21-20-13)19-12-4-3-10(16)9-11(12)17/h3-6,9H,2,7-8H2,1H3,(H,18,22)(H,19,21). The van der Waals surface area contributed by atoms with Crippen molar-refractivity contribution in [2.24, 2.45) is 0 Å². The number of hydrogen-bond acceptors (Lipinski definition) is 5. The van der Waals surface area contributed by atoms with Gasteiger partial charge < -0.3 is 15.4 Å². The van der Waals surface area contributed by atoms with Crippen LogP contribution < -0.4 is 10.6 Å². The van der Waals surface area contributed by atoms with E-state index in [1.165, 1.54) is 0 Å². The molecule has 0 aliphatic carbocycles. The molecule has 0 fully saturated rings. The molecule has 0 saturated carbocycles. The molecule has 6 nitrogen and oxygen atoms in total. The van der Waals surface area contributed by atoms with Crippen LogP contribution in [0.4, 0.5) is 11.5 Å². The molecule has 23 heavy (non-hydrogen) atoms. The molecule has 8 heteroatoms. The summed E-state index contributed by atoms with van der Waals surface area (Å²) in [5.41, 5.74) is 0.900. The van der Waals surface area contributed by atoms with E-state index in [0.29, 0.717) is 34.7 Å². The van der Waals surface area contributed by atoms with Gasteiger partial charge in [0.25, 0.3) is 5.91 Å². The number of halogens is 2. The summed E-state index contributed by atoms with van der Waals surface area (Å²) in [4.78, 5) is 11.9. The highest BCUT2D eigenvalue weighted by Crippen LogP contribution is 2.27. The number of carbonyl (C=O) groups excluding carboxylic acids is 1. The zero-order chi connectivity index (χ0) is 16.7. The Labute approximate surface area is 144 Å². The Balaban J connectivity index is 1.95. The number of amides is 1. The van der Waals surface area contributed by atoms with Gasteiger partial charge in [-0.2, -0.15) is 0 Å². The number of nitrogens with one attached hydrogen (secondary N) is 2. The summed E-state index contributed by atoms with van der Waals surface area (Å²) in [6.07, 6.45) is 0.740. The molecule has 0 saturated heterocycles. The molecule has 1 aromatic carbocycles. The fraction of sp³-hybridized carbons (Fsp3) is 0.267. The van der Waals surface area contributed by atoms with E-state index in [0.717, 1.165) is 6.42 Å². The zero-order valence-electron chi connectivity index (χ0n) is 12.5. The second-order valence-corrected chi connectivity index (χ2v) is 5.50. The van der Waals surface area contributed by atoms with E-state index in [4.69, 9.17) is 27.9 Å². The van der Waals surface area contributed by atoms with Gasteiger partial charge in [-0.15, -0.1) is 10.2 Å². The summed E-state index contributed by atoms with van der Waals surface area (Å²) in [7, 11) is 1.62. The third kappa shape index (κ3) is 5.35. The van der Waals surface area contributed by atoms with Crippen LogP contribution in [0.1, 0.15) is 16.9 Å². The molecule has 0 atom stereocenters. The average molecular weight is 355 g/mol. The van der Waals surface area contributed by atoms with Gasteiger partial charge in [0.15, 0.2) is 11.5 Å². The number of hydrogen-bond donors (Lipinski definition) is 2. The molecule has 2 rings (SSSR count). The lowest BCUT2D eigenvalue weighted by Crippen LogP contribution is -2.26. The summed E-state index contributed by atoms with van der Waals surface area (Å²) in [5.74, 6) is 0.204. The number of anilines is 2. The molecular weight excluding hydrogens is 339 g/mol. The molecule has 1 aromatic heterocycles. The van der Waals surface area contributed by atoms with E-state index in [-0.39, 0.29) is 11.6 Å². The maximum atomic E-state index is 11.9. The number of aromatic nitrogens is 2. The molecule has 0 unspecified atom stereocenters. The molecule has 2 N–H and O–H groups in total. The lowest BCUT2D eigenvalue weighted by atomic mass is 10.3. The van der Waals surface area contributed by atoms with Crippen molar-refractivity contribution in [3.05, 3.63) is 46.1 Å². The zero-order valence-corrected chi connectivity index (χ0v) is 14.0. The van der Waals surface area contributed by atoms with Crippen LogP contribution in [-0.2, 0) is 4.74 Å². The van der Waals surface area contributed by atoms with Gasteiger partial charge in [0.1, 0.15) is 0 Å². The minimum atomic E-state index is -0.273. The van der Waals surface area contributed by atoms with Crippen molar-refractivity contribution in [2.75, 3.05) is 25.6 Å². The predicted octanol–water partition coefficient (Wildman–Crippen LogP) is 3.29. The van der Waals surface area contributed by atoms with E-state index in [1.807, 2.05) is 0 Å². The summed E-state index contributed by atoms with van der Waals surface area (Å²) in [5, 5.41) is 14.6. The normalized spacial score (nSPS) is 10.4. The fourth-order valence-corrected chi connectivity index (χ4v) is 2.21. The number of benzene rings is 1. The Kier molecular flexibility index (Phi) is 6.58. The van der Waals surface area contributed by atoms with Gasteiger partial charge >= 0.3 is 0 Å². The Morgan fingerprint density at radius 3 is 2.70 bits per heavy atom. The van der Waals surface area contributed by atoms with Gasteiger partial charge in [0.05, 0.1) is 10.7 Å². The second kappa shape index (κ2) is 8.67. The second-order valence-electron chi connectivity index (χ2n) is 4.66. The Morgan fingerprint density at radius 2 is 2.04 bits per heavy atom. The third-order valence-electron chi connectivity index (χ3n) is 2.90. The first-order valence-electron chi connectivity index (χ1n) is 6.93. The molecule has 2 aromatic rings. The Hall–Kier alpha value is -1.89. The van der Waals surface area contributed by atoms with Gasteiger partial charge in [-0.3, -0.25) is 4.79 Å². The molecular formula is C15H16Cl2N4O2. The highest BCUT2D eigenvalue weighted by molar-refractivity contribution is 6.36. The summed E-state index contributed by atoms with van der Waals surface area (Å²) in [6, 6.07) is 8.32. The van der Waals surface area contributed by atoms with Crippen LogP contribution in [0.2, 0.25) is 10.0 Å². The minimum Gasteiger partial charge on any atom is -0.385 e. The number of ether oxygens (including phenoxy) is 1. The van der Waals surface area contributed by atoms with Crippen LogP contribution in [-0.4, -0.2) is 36.4 Å². The molecule has 0 spiro atoms. The maximum absolute atomic E-state index is 11.9. The van der Waals surface area contributed by atoms with Crippen molar-refractivity contribution in [1.82, 2.24) is 15.5 Å². The van der Waals surface area contributed by atoms with Gasteiger partial charge in [-0.25, -0.2) is 0 Å². The maximum Gasteiger partial charge on any atom is 0.271 e. The smallest absolute Gasteiger partial charge is 0.271 e. The van der Waals surface area contributed by atoms with E-state index in [9.17, 15) is 4.79 Å². The molecule has 0 radical (unpaired) electrons. The summed E-state index contributed by atoms with van der Waals surface area (Å²) in [6.45, 7) is 1.12. The van der Waals surface area contributed by atoms with Crippen molar-refractivity contribution in [1.29, 1.82) is 0 Å². The van der Waals surface area contributed by atoms with Gasteiger partial charge in [-0.1, -0.05) is 23.2 Å². The first-order valence-corrected chi connectivity index (χ1v) is 7.68. The molecule has 0 aliphatic rings. The van der Waals surface area contributed by atoms with Crippen LogP contribution in [0, 0.1) is 0 Å². The minimum absolute atomic E-state index is 0.246. The topological polar surface area (TPSA) is 76.1 Å². The van der Waals surface area contributed by atoms with Crippen molar-refractivity contribution in [3.63, 3.8) is 0 Å². The third-order valence-corrected chi connectivity index (χ3v) is 3.45. The number of rotatable bonds is 7. The van der Waals surface area contributed by atoms with Crippen LogP contribution in [0.3, 0.4) is 0 Å². The number of carbonyl (C=O) groups is 1. The molecule has 122 valence electrons. The van der Waals surface area contributed by atoms with Crippen LogP contribution in [0.15, 0.2) is 30.3 Å². The van der Waals surface area contributed by atoms with Crippen LogP contribution in [0.25, 0.3) is 0 Å².